The van der Waals surface area contributed by atoms with Gasteiger partial charge in [-0.3, -0.25) is 14.5 Å². The van der Waals surface area contributed by atoms with Gasteiger partial charge < -0.3 is 0 Å². The number of rotatable bonds is 1. The fourth-order valence-electron chi connectivity index (χ4n) is 1.90. The van der Waals surface area contributed by atoms with Crippen LogP contribution < -0.4 is 0 Å². The second-order valence-electron chi connectivity index (χ2n) is 3.88. The van der Waals surface area contributed by atoms with E-state index in [1.165, 1.54) is 4.90 Å². The van der Waals surface area contributed by atoms with Gasteiger partial charge in [0, 0.05) is 17.0 Å². The number of fused-ring (bicyclic) bond motifs is 1. The van der Waals surface area contributed by atoms with E-state index in [1.54, 1.807) is 17.8 Å². The third kappa shape index (κ3) is 1.38. The van der Waals surface area contributed by atoms with Gasteiger partial charge in [0.15, 0.2) is 0 Å². The highest BCUT2D eigenvalue weighted by atomic mass is 32.2. The standard InChI is InChI=1S/C10H13NO2S/c1-6(2)11-9(12)5-8-7(10(11)13)3-4-14-8/h5-7H,3-4H2,1-2H3/t7-/m1/s1. The van der Waals surface area contributed by atoms with Crippen molar-refractivity contribution in [3.8, 4) is 0 Å². The lowest BCUT2D eigenvalue weighted by Crippen LogP contribution is -2.46. The Balaban J connectivity index is 2.34. The van der Waals surface area contributed by atoms with E-state index in [4.69, 9.17) is 0 Å². The van der Waals surface area contributed by atoms with Crippen LogP contribution >= 0.6 is 11.8 Å². The summed E-state index contributed by atoms with van der Waals surface area (Å²) in [5, 5.41) is 0. The third-order valence-electron chi connectivity index (χ3n) is 2.57. The Morgan fingerprint density at radius 2 is 2.21 bits per heavy atom. The topological polar surface area (TPSA) is 37.4 Å². The largest absolute Gasteiger partial charge is 0.276 e. The lowest BCUT2D eigenvalue weighted by atomic mass is 9.99. The summed E-state index contributed by atoms with van der Waals surface area (Å²) in [6.45, 7) is 3.74. The minimum atomic E-state index is -0.148. The van der Waals surface area contributed by atoms with Crippen LogP contribution in [0.2, 0.25) is 0 Å². The summed E-state index contributed by atoms with van der Waals surface area (Å²) in [5.74, 6) is 0.778. The average Bonchev–Trinajstić information content (AvgIpc) is 2.50. The van der Waals surface area contributed by atoms with Crippen molar-refractivity contribution in [3.05, 3.63) is 11.0 Å². The maximum atomic E-state index is 11.9. The smallest absolute Gasteiger partial charge is 0.254 e. The molecule has 2 rings (SSSR count). The van der Waals surface area contributed by atoms with Crippen LogP contribution in [0, 0.1) is 5.92 Å². The van der Waals surface area contributed by atoms with E-state index >= 15 is 0 Å². The molecule has 0 spiro atoms. The Labute approximate surface area is 87.5 Å². The highest BCUT2D eigenvalue weighted by molar-refractivity contribution is 8.03. The van der Waals surface area contributed by atoms with Crippen molar-refractivity contribution in [3.63, 3.8) is 0 Å². The Kier molecular flexibility index (Phi) is 2.39. The number of thioether (sulfide) groups is 1. The number of imide groups is 1. The lowest BCUT2D eigenvalue weighted by molar-refractivity contribution is -0.147. The van der Waals surface area contributed by atoms with Crippen molar-refractivity contribution >= 4 is 23.6 Å². The second kappa shape index (κ2) is 3.42. The first-order valence-electron chi connectivity index (χ1n) is 4.82. The summed E-state index contributed by atoms with van der Waals surface area (Å²) in [7, 11) is 0. The zero-order valence-electron chi connectivity index (χ0n) is 8.32. The molecule has 0 aliphatic carbocycles. The molecule has 4 heteroatoms. The summed E-state index contributed by atoms with van der Waals surface area (Å²) < 4.78 is 0. The molecule has 76 valence electrons. The van der Waals surface area contributed by atoms with E-state index in [-0.39, 0.29) is 23.8 Å². The zero-order valence-corrected chi connectivity index (χ0v) is 9.13. The van der Waals surface area contributed by atoms with Crippen molar-refractivity contribution < 1.29 is 9.59 Å². The summed E-state index contributed by atoms with van der Waals surface area (Å²) in [6, 6.07) is -0.0293. The number of amides is 2. The van der Waals surface area contributed by atoms with Crippen LogP contribution in [0.3, 0.4) is 0 Å². The Morgan fingerprint density at radius 1 is 1.50 bits per heavy atom. The minimum absolute atomic E-state index is 0.00694. The summed E-state index contributed by atoms with van der Waals surface area (Å²) in [4.78, 5) is 25.9. The van der Waals surface area contributed by atoms with Gasteiger partial charge in [0.25, 0.3) is 5.91 Å². The molecule has 0 aromatic heterocycles. The molecule has 2 heterocycles. The van der Waals surface area contributed by atoms with E-state index in [2.05, 4.69) is 0 Å². The Morgan fingerprint density at radius 3 is 2.86 bits per heavy atom. The van der Waals surface area contributed by atoms with Gasteiger partial charge in [0.1, 0.15) is 0 Å². The predicted molar refractivity (Wildman–Crippen MR) is 55.6 cm³/mol. The number of hydrogen-bond acceptors (Lipinski definition) is 3. The first-order valence-corrected chi connectivity index (χ1v) is 5.81. The van der Waals surface area contributed by atoms with Gasteiger partial charge >= 0.3 is 0 Å². The van der Waals surface area contributed by atoms with Gasteiger partial charge in [-0.15, -0.1) is 11.8 Å². The molecule has 3 nitrogen and oxygen atoms in total. The fraction of sp³-hybridized carbons (Fsp3) is 0.600. The van der Waals surface area contributed by atoms with E-state index in [0.717, 1.165) is 17.1 Å². The van der Waals surface area contributed by atoms with Crippen molar-refractivity contribution in [1.29, 1.82) is 0 Å². The molecule has 0 aromatic carbocycles. The quantitative estimate of drug-likeness (QED) is 0.615. The van der Waals surface area contributed by atoms with Crippen molar-refractivity contribution in [1.82, 2.24) is 4.90 Å². The van der Waals surface area contributed by atoms with E-state index in [0.29, 0.717) is 0 Å². The van der Waals surface area contributed by atoms with Gasteiger partial charge in [-0.1, -0.05) is 0 Å². The van der Waals surface area contributed by atoms with Gasteiger partial charge in [0.2, 0.25) is 5.91 Å². The van der Waals surface area contributed by atoms with Gasteiger partial charge in [0.05, 0.1) is 5.92 Å². The van der Waals surface area contributed by atoms with Crippen molar-refractivity contribution in [2.45, 2.75) is 26.3 Å². The molecule has 1 saturated heterocycles. The van der Waals surface area contributed by atoms with E-state index in [9.17, 15) is 9.59 Å². The molecule has 0 saturated carbocycles. The second-order valence-corrected chi connectivity index (χ2v) is 5.04. The van der Waals surface area contributed by atoms with Crippen molar-refractivity contribution in [2.24, 2.45) is 5.92 Å². The molecule has 1 atom stereocenters. The van der Waals surface area contributed by atoms with Crippen LogP contribution in [0.15, 0.2) is 11.0 Å². The van der Waals surface area contributed by atoms with Gasteiger partial charge in [-0.05, 0) is 26.0 Å². The number of carbonyl (C=O) groups is 2. The first-order chi connectivity index (χ1) is 6.61. The first kappa shape index (κ1) is 9.77. The number of nitrogens with zero attached hydrogens (tertiary/aromatic N) is 1. The van der Waals surface area contributed by atoms with Crippen molar-refractivity contribution in [2.75, 3.05) is 5.75 Å². The molecule has 1 fully saturated rings. The summed E-state index contributed by atoms with van der Waals surface area (Å²) in [5.41, 5.74) is 0. The Hall–Kier alpha value is -0.770. The molecular formula is C10H13NO2S. The molecule has 0 aromatic rings. The molecule has 2 aliphatic rings. The molecule has 0 unspecified atom stereocenters. The number of carbonyl (C=O) groups excluding carboxylic acids is 2. The highest BCUT2D eigenvalue weighted by Gasteiger charge is 2.39. The Bertz CT molecular complexity index is 322. The molecular weight excluding hydrogens is 198 g/mol. The van der Waals surface area contributed by atoms with Crippen LogP contribution in [0.4, 0.5) is 0 Å². The molecule has 0 radical (unpaired) electrons. The van der Waals surface area contributed by atoms with Gasteiger partial charge in [-0.2, -0.15) is 0 Å². The van der Waals surface area contributed by atoms with Crippen LogP contribution in [-0.4, -0.2) is 28.5 Å². The van der Waals surface area contributed by atoms with E-state index < -0.39 is 0 Å². The van der Waals surface area contributed by atoms with Crippen LogP contribution in [0.1, 0.15) is 20.3 Å². The normalized spacial score (nSPS) is 26.9. The van der Waals surface area contributed by atoms with E-state index in [1.807, 2.05) is 13.8 Å². The molecule has 0 N–H and O–H groups in total. The maximum absolute atomic E-state index is 11.9. The SMILES string of the molecule is CC(C)N1C(=O)C=C2SCC[C@H]2C1=O. The molecule has 2 aliphatic heterocycles. The predicted octanol–water partition coefficient (Wildman–Crippen LogP) is 1.40. The third-order valence-corrected chi connectivity index (χ3v) is 3.75. The van der Waals surface area contributed by atoms with Crippen LogP contribution in [-0.2, 0) is 9.59 Å². The highest BCUT2D eigenvalue weighted by Crippen LogP contribution is 2.40. The fourth-order valence-corrected chi connectivity index (χ4v) is 3.09. The average molecular weight is 211 g/mol. The molecule has 0 bridgehead atoms. The number of hydrogen-bond donors (Lipinski definition) is 0. The summed E-state index contributed by atoms with van der Waals surface area (Å²) in [6.07, 6.45) is 2.51. The molecule has 14 heavy (non-hydrogen) atoms. The lowest BCUT2D eigenvalue weighted by Gasteiger charge is -2.30. The maximum Gasteiger partial charge on any atom is 0.254 e. The molecule has 2 amide bonds. The zero-order chi connectivity index (χ0) is 10.3. The monoisotopic (exact) mass is 211 g/mol. The minimum Gasteiger partial charge on any atom is -0.276 e. The van der Waals surface area contributed by atoms with Gasteiger partial charge in [-0.25, -0.2) is 0 Å². The van der Waals surface area contributed by atoms with Crippen LogP contribution in [0.25, 0.3) is 0 Å². The van der Waals surface area contributed by atoms with Crippen LogP contribution in [0.5, 0.6) is 0 Å². The summed E-state index contributed by atoms with van der Waals surface area (Å²) >= 11 is 1.64.